The number of hydrogen-bond donors (Lipinski definition) is 1. The molecule has 3 rings (SSSR count). The Morgan fingerprint density at radius 1 is 1.45 bits per heavy atom. The van der Waals surface area contributed by atoms with Crippen molar-refractivity contribution in [2.24, 2.45) is 5.92 Å². The predicted molar refractivity (Wildman–Crippen MR) is 87.3 cm³/mol. The molecule has 1 amide bonds. The fourth-order valence-corrected chi connectivity index (χ4v) is 3.43. The van der Waals surface area contributed by atoms with E-state index in [0.717, 1.165) is 41.3 Å². The molecule has 22 heavy (non-hydrogen) atoms. The number of rotatable bonds is 5. The molecular weight excluding hydrogens is 296 g/mol. The van der Waals surface area contributed by atoms with Gasteiger partial charge in [0, 0.05) is 24.0 Å². The number of nitrogens with zero attached hydrogens (tertiary/aromatic N) is 1. The summed E-state index contributed by atoms with van der Waals surface area (Å²) in [6, 6.07) is 7.93. The molecule has 1 aliphatic rings. The fourth-order valence-electron chi connectivity index (χ4n) is 2.61. The zero-order valence-electron chi connectivity index (χ0n) is 12.7. The molecule has 0 bridgehead atoms. The van der Waals surface area contributed by atoms with E-state index in [-0.39, 0.29) is 11.8 Å². The molecule has 1 atom stereocenters. The third-order valence-electron chi connectivity index (χ3n) is 3.78. The molecule has 2 aromatic rings. The molecule has 0 saturated heterocycles. The largest absolute Gasteiger partial charge is 0.492 e. The van der Waals surface area contributed by atoms with Gasteiger partial charge in [0.1, 0.15) is 12.4 Å². The minimum absolute atomic E-state index is 0.0861. The van der Waals surface area contributed by atoms with E-state index in [9.17, 15) is 4.79 Å². The first-order valence-electron chi connectivity index (χ1n) is 7.62. The molecule has 1 N–H and O–H groups in total. The van der Waals surface area contributed by atoms with Gasteiger partial charge in [-0.25, -0.2) is 4.98 Å². The maximum absolute atomic E-state index is 12.2. The first-order chi connectivity index (χ1) is 10.7. The van der Waals surface area contributed by atoms with E-state index in [4.69, 9.17) is 4.74 Å². The SMILES string of the molecule is Cc1csc(CCCNC(=O)[C@H]2COc3ccccc3C2)n1. The Morgan fingerprint density at radius 2 is 2.32 bits per heavy atom. The molecule has 1 aromatic heterocycles. The fraction of sp³-hybridized carbons (Fsp3) is 0.412. The summed E-state index contributed by atoms with van der Waals surface area (Å²) in [6.07, 6.45) is 2.60. The molecule has 4 nitrogen and oxygen atoms in total. The van der Waals surface area contributed by atoms with Gasteiger partial charge < -0.3 is 10.1 Å². The second kappa shape index (κ2) is 6.92. The van der Waals surface area contributed by atoms with E-state index < -0.39 is 0 Å². The number of ether oxygens (including phenoxy) is 1. The number of amides is 1. The summed E-state index contributed by atoms with van der Waals surface area (Å²) in [4.78, 5) is 16.6. The summed E-state index contributed by atoms with van der Waals surface area (Å²) < 4.78 is 5.67. The molecule has 5 heteroatoms. The highest BCUT2D eigenvalue weighted by Gasteiger charge is 2.25. The third-order valence-corrected chi connectivity index (χ3v) is 4.81. The number of carbonyl (C=O) groups excluding carboxylic acids is 1. The Bertz CT molecular complexity index is 654. The van der Waals surface area contributed by atoms with Gasteiger partial charge in [-0.1, -0.05) is 18.2 Å². The quantitative estimate of drug-likeness (QED) is 0.863. The Balaban J connectivity index is 1.43. The Kier molecular flexibility index (Phi) is 4.73. The summed E-state index contributed by atoms with van der Waals surface area (Å²) in [7, 11) is 0. The highest BCUT2D eigenvalue weighted by molar-refractivity contribution is 7.09. The van der Waals surface area contributed by atoms with Crippen molar-refractivity contribution < 1.29 is 9.53 Å². The second-order valence-electron chi connectivity index (χ2n) is 5.60. The van der Waals surface area contributed by atoms with Crippen LogP contribution in [-0.4, -0.2) is 24.0 Å². The number of carbonyl (C=O) groups is 1. The Labute approximate surface area is 134 Å². The lowest BCUT2D eigenvalue weighted by Gasteiger charge is -2.24. The van der Waals surface area contributed by atoms with Crippen molar-refractivity contribution in [3.05, 3.63) is 45.9 Å². The van der Waals surface area contributed by atoms with Crippen LogP contribution in [0, 0.1) is 12.8 Å². The van der Waals surface area contributed by atoms with Crippen LogP contribution in [0.2, 0.25) is 0 Å². The standard InChI is InChI=1S/C17H20N2O2S/c1-12-11-22-16(19-12)7-4-8-18-17(20)14-9-13-5-2-3-6-15(13)21-10-14/h2-3,5-6,11,14H,4,7-10H2,1H3,(H,18,20)/t14-/m1/s1. The summed E-state index contributed by atoms with van der Waals surface area (Å²) in [5.41, 5.74) is 2.19. The van der Waals surface area contributed by atoms with Crippen LogP contribution >= 0.6 is 11.3 Å². The van der Waals surface area contributed by atoms with Crippen LogP contribution in [0.5, 0.6) is 5.75 Å². The molecule has 1 aromatic carbocycles. The highest BCUT2D eigenvalue weighted by Crippen LogP contribution is 2.26. The van der Waals surface area contributed by atoms with Gasteiger partial charge in [-0.3, -0.25) is 4.79 Å². The lowest BCUT2D eigenvalue weighted by molar-refractivity contribution is -0.126. The van der Waals surface area contributed by atoms with E-state index in [2.05, 4.69) is 15.7 Å². The van der Waals surface area contributed by atoms with Gasteiger partial charge in [0.15, 0.2) is 0 Å². The minimum atomic E-state index is -0.0861. The topological polar surface area (TPSA) is 51.2 Å². The Hall–Kier alpha value is -1.88. The van der Waals surface area contributed by atoms with Crippen LogP contribution in [0.4, 0.5) is 0 Å². The highest BCUT2D eigenvalue weighted by atomic mass is 32.1. The van der Waals surface area contributed by atoms with E-state index in [1.165, 1.54) is 0 Å². The molecule has 116 valence electrons. The Morgan fingerprint density at radius 3 is 3.14 bits per heavy atom. The maximum atomic E-state index is 12.2. The van der Waals surface area contributed by atoms with E-state index in [1.807, 2.05) is 31.2 Å². The van der Waals surface area contributed by atoms with Crippen molar-refractivity contribution in [1.82, 2.24) is 10.3 Å². The van der Waals surface area contributed by atoms with Crippen molar-refractivity contribution in [2.75, 3.05) is 13.2 Å². The second-order valence-corrected chi connectivity index (χ2v) is 6.54. The van der Waals surface area contributed by atoms with Crippen molar-refractivity contribution in [1.29, 1.82) is 0 Å². The zero-order valence-corrected chi connectivity index (χ0v) is 13.5. The maximum Gasteiger partial charge on any atom is 0.226 e. The van der Waals surface area contributed by atoms with Crippen LogP contribution < -0.4 is 10.1 Å². The molecule has 0 aliphatic carbocycles. The molecule has 2 heterocycles. The van der Waals surface area contributed by atoms with Gasteiger partial charge in [-0.05, 0) is 31.4 Å². The van der Waals surface area contributed by atoms with Gasteiger partial charge in [0.25, 0.3) is 0 Å². The lowest BCUT2D eigenvalue weighted by atomic mass is 9.96. The van der Waals surface area contributed by atoms with Crippen LogP contribution in [0.15, 0.2) is 29.6 Å². The van der Waals surface area contributed by atoms with Crippen LogP contribution in [-0.2, 0) is 17.6 Å². The smallest absolute Gasteiger partial charge is 0.226 e. The summed E-state index contributed by atoms with van der Waals surface area (Å²) in [5, 5.41) is 6.22. The molecule has 0 saturated carbocycles. The number of aryl methyl sites for hydroxylation is 2. The van der Waals surface area contributed by atoms with Gasteiger partial charge in [0.05, 0.1) is 10.9 Å². The summed E-state index contributed by atoms with van der Waals surface area (Å²) >= 11 is 1.68. The summed E-state index contributed by atoms with van der Waals surface area (Å²) in [6.45, 7) is 3.16. The van der Waals surface area contributed by atoms with E-state index in [0.29, 0.717) is 13.2 Å². The number of hydrogen-bond acceptors (Lipinski definition) is 4. The van der Waals surface area contributed by atoms with Crippen molar-refractivity contribution >= 4 is 17.2 Å². The molecule has 0 spiro atoms. The number of thiazole rings is 1. The van der Waals surface area contributed by atoms with Crippen molar-refractivity contribution in [3.63, 3.8) is 0 Å². The third kappa shape index (κ3) is 3.65. The summed E-state index contributed by atoms with van der Waals surface area (Å²) in [5.74, 6) is 0.910. The average Bonchev–Trinajstić information content (AvgIpc) is 2.96. The first kappa shape index (κ1) is 15.0. The first-order valence-corrected chi connectivity index (χ1v) is 8.50. The molecule has 0 fully saturated rings. The molecular formula is C17H20N2O2S. The van der Waals surface area contributed by atoms with Gasteiger partial charge in [0.2, 0.25) is 5.91 Å². The number of benzene rings is 1. The number of para-hydroxylation sites is 1. The van der Waals surface area contributed by atoms with Gasteiger partial charge >= 0.3 is 0 Å². The normalized spacial score (nSPS) is 16.7. The predicted octanol–water partition coefficient (Wildman–Crippen LogP) is 2.75. The molecule has 1 aliphatic heterocycles. The van der Waals surface area contributed by atoms with E-state index >= 15 is 0 Å². The number of aromatic nitrogens is 1. The monoisotopic (exact) mass is 316 g/mol. The van der Waals surface area contributed by atoms with E-state index in [1.54, 1.807) is 11.3 Å². The molecule has 0 radical (unpaired) electrons. The van der Waals surface area contributed by atoms with Crippen molar-refractivity contribution in [2.45, 2.75) is 26.2 Å². The zero-order chi connectivity index (χ0) is 15.4. The minimum Gasteiger partial charge on any atom is -0.492 e. The lowest BCUT2D eigenvalue weighted by Crippen LogP contribution is -2.37. The van der Waals surface area contributed by atoms with Gasteiger partial charge in [-0.15, -0.1) is 11.3 Å². The number of nitrogens with one attached hydrogen (secondary N) is 1. The average molecular weight is 316 g/mol. The molecule has 0 unspecified atom stereocenters. The van der Waals surface area contributed by atoms with Crippen molar-refractivity contribution in [3.8, 4) is 5.75 Å². The van der Waals surface area contributed by atoms with Gasteiger partial charge in [-0.2, -0.15) is 0 Å². The van der Waals surface area contributed by atoms with Crippen LogP contribution in [0.3, 0.4) is 0 Å². The van der Waals surface area contributed by atoms with Crippen LogP contribution in [0.25, 0.3) is 0 Å². The number of fused-ring (bicyclic) bond motifs is 1. The van der Waals surface area contributed by atoms with Crippen LogP contribution in [0.1, 0.15) is 22.7 Å².